The first kappa shape index (κ1) is 30.8. The molecule has 1 aliphatic carbocycles. The molecule has 0 spiro atoms. The highest BCUT2D eigenvalue weighted by Gasteiger charge is 2.33. The first-order valence-corrected chi connectivity index (χ1v) is 15.4. The smallest absolute Gasteiger partial charge is 0.254 e. The van der Waals surface area contributed by atoms with Gasteiger partial charge in [-0.15, -0.1) is 0 Å². The van der Waals surface area contributed by atoms with Crippen molar-refractivity contribution in [1.82, 2.24) is 9.47 Å². The quantitative estimate of drug-likeness (QED) is 0.316. The van der Waals surface area contributed by atoms with Gasteiger partial charge in [-0.05, 0) is 107 Å². The maximum absolute atomic E-state index is 14.1. The van der Waals surface area contributed by atoms with Crippen LogP contribution in [0.1, 0.15) is 81.7 Å². The van der Waals surface area contributed by atoms with E-state index in [1.807, 2.05) is 30.0 Å². The van der Waals surface area contributed by atoms with Crippen LogP contribution in [0.3, 0.4) is 0 Å². The van der Waals surface area contributed by atoms with E-state index in [4.69, 9.17) is 9.47 Å². The molecule has 1 N–H and O–H groups in total. The molecule has 43 heavy (non-hydrogen) atoms. The summed E-state index contributed by atoms with van der Waals surface area (Å²) in [6.45, 7) is 9.89. The molecule has 1 aliphatic heterocycles. The number of hydrogen-bond acceptors (Lipinski definition) is 5. The molecular formula is C35H43FN2O5. The summed E-state index contributed by atoms with van der Waals surface area (Å²) in [7, 11) is 1.75. The summed E-state index contributed by atoms with van der Waals surface area (Å²) in [6, 6.07) is 10.2. The maximum Gasteiger partial charge on any atom is 0.254 e. The number of rotatable bonds is 8. The second-order valence-electron chi connectivity index (χ2n) is 12.6. The van der Waals surface area contributed by atoms with Gasteiger partial charge >= 0.3 is 0 Å². The number of halogens is 1. The van der Waals surface area contributed by atoms with E-state index in [1.165, 1.54) is 12.1 Å². The van der Waals surface area contributed by atoms with Crippen LogP contribution in [0.25, 0.3) is 11.1 Å². The Morgan fingerprint density at radius 1 is 1.00 bits per heavy atom. The van der Waals surface area contributed by atoms with Crippen LogP contribution in [0.2, 0.25) is 0 Å². The van der Waals surface area contributed by atoms with Crippen molar-refractivity contribution in [2.45, 2.75) is 97.3 Å². The predicted octanol–water partition coefficient (Wildman–Crippen LogP) is 6.70. The zero-order valence-corrected chi connectivity index (χ0v) is 26.1. The average Bonchev–Trinajstić information content (AvgIpc) is 3.38. The highest BCUT2D eigenvalue weighted by molar-refractivity contribution is 5.79. The molecule has 0 radical (unpaired) electrons. The number of amides is 1. The maximum atomic E-state index is 14.1. The summed E-state index contributed by atoms with van der Waals surface area (Å²) in [5.74, 6) is 1.47. The van der Waals surface area contributed by atoms with E-state index in [-0.39, 0.29) is 29.4 Å². The van der Waals surface area contributed by atoms with Crippen molar-refractivity contribution < 1.29 is 23.8 Å². The number of carbonyl (C=O) groups is 1. The molecule has 1 saturated carbocycles. The van der Waals surface area contributed by atoms with E-state index < -0.39 is 5.60 Å². The Hall–Kier alpha value is -3.65. The number of aromatic nitrogens is 1. The Bertz CT molecular complexity index is 1560. The van der Waals surface area contributed by atoms with E-state index in [0.29, 0.717) is 52.3 Å². The highest BCUT2D eigenvalue weighted by atomic mass is 19.1. The van der Waals surface area contributed by atoms with E-state index in [9.17, 15) is 19.1 Å². The zero-order chi connectivity index (χ0) is 31.1. The number of nitrogens with zero attached hydrogens (tertiary/aromatic N) is 2. The SMILES string of the molecule is CCc1c(-c2cc(C(C)(C)O)ccc2Oc2c(C)cc(F)cc2C)c(O[C@H]2CC[C@H](N3CCCC3=O)CC2)cc(=O)n1C. The van der Waals surface area contributed by atoms with E-state index >= 15 is 0 Å². The standard InChI is InChI=1S/C35H43FN2O5/c1-7-28-33(27-19-23(35(4,5)41)10-15-29(27)43-34-21(2)17-24(36)18-22(34)3)30(20-32(40)37(28)6)42-26-13-11-25(12-14-26)38-16-8-9-31(38)39/h10,15,17-20,25-26,41H,7-9,11-14,16H2,1-6H3/t25-,26-. The van der Waals surface area contributed by atoms with Crippen LogP contribution < -0.4 is 15.0 Å². The van der Waals surface area contributed by atoms with Gasteiger partial charge in [0.2, 0.25) is 5.91 Å². The fourth-order valence-electron chi connectivity index (χ4n) is 6.59. The summed E-state index contributed by atoms with van der Waals surface area (Å²) in [5.41, 5.74) is 2.91. The van der Waals surface area contributed by atoms with Crippen LogP contribution in [0, 0.1) is 19.7 Å². The largest absolute Gasteiger partial charge is 0.490 e. The third-order valence-corrected chi connectivity index (χ3v) is 8.94. The molecule has 1 amide bonds. The lowest BCUT2D eigenvalue weighted by molar-refractivity contribution is -0.130. The minimum absolute atomic E-state index is 0.104. The summed E-state index contributed by atoms with van der Waals surface area (Å²) in [6.07, 6.45) is 5.31. The monoisotopic (exact) mass is 590 g/mol. The summed E-state index contributed by atoms with van der Waals surface area (Å²) < 4.78 is 28.9. The van der Waals surface area contributed by atoms with Crippen molar-refractivity contribution >= 4 is 5.91 Å². The number of benzene rings is 2. The van der Waals surface area contributed by atoms with Gasteiger partial charge in [0, 0.05) is 48.9 Å². The Balaban J connectivity index is 1.58. The lowest BCUT2D eigenvalue weighted by Crippen LogP contribution is -2.40. The second kappa shape index (κ2) is 12.2. The van der Waals surface area contributed by atoms with Crippen LogP contribution >= 0.6 is 0 Å². The minimum atomic E-state index is -1.13. The summed E-state index contributed by atoms with van der Waals surface area (Å²) in [4.78, 5) is 27.5. The van der Waals surface area contributed by atoms with E-state index in [2.05, 4.69) is 0 Å². The number of aliphatic hydroxyl groups is 1. The van der Waals surface area contributed by atoms with Crippen LogP contribution in [0.15, 0.2) is 41.2 Å². The Labute approximate surface area is 253 Å². The average molecular weight is 591 g/mol. The Morgan fingerprint density at radius 3 is 2.26 bits per heavy atom. The Morgan fingerprint density at radius 2 is 1.67 bits per heavy atom. The molecule has 8 heteroatoms. The van der Waals surface area contributed by atoms with Gasteiger partial charge in [0.15, 0.2) is 0 Å². The van der Waals surface area contributed by atoms with Gasteiger partial charge in [-0.1, -0.05) is 13.0 Å². The van der Waals surface area contributed by atoms with Crippen molar-refractivity contribution in [3.63, 3.8) is 0 Å². The summed E-state index contributed by atoms with van der Waals surface area (Å²) in [5, 5.41) is 11.0. The lowest BCUT2D eigenvalue weighted by atomic mass is 9.91. The van der Waals surface area contributed by atoms with Gasteiger partial charge in [0.05, 0.1) is 11.7 Å². The minimum Gasteiger partial charge on any atom is -0.490 e. The van der Waals surface area contributed by atoms with Crippen molar-refractivity contribution in [3.8, 4) is 28.4 Å². The number of likely N-dealkylation sites (tertiary alicyclic amines) is 1. The van der Waals surface area contributed by atoms with Crippen molar-refractivity contribution in [1.29, 1.82) is 0 Å². The van der Waals surface area contributed by atoms with Crippen LogP contribution in [0.5, 0.6) is 17.2 Å². The molecule has 1 aromatic heterocycles. The van der Waals surface area contributed by atoms with Crippen molar-refractivity contribution in [2.24, 2.45) is 7.05 Å². The van der Waals surface area contributed by atoms with Crippen LogP contribution in [-0.4, -0.2) is 39.2 Å². The van der Waals surface area contributed by atoms with Crippen molar-refractivity contribution in [2.75, 3.05) is 6.54 Å². The van der Waals surface area contributed by atoms with Crippen LogP contribution in [-0.2, 0) is 23.9 Å². The van der Waals surface area contributed by atoms with Gasteiger partial charge in [-0.3, -0.25) is 9.59 Å². The fraction of sp³-hybridized carbons (Fsp3) is 0.486. The molecule has 230 valence electrons. The first-order chi connectivity index (χ1) is 20.4. The molecule has 0 atom stereocenters. The van der Waals surface area contributed by atoms with Gasteiger partial charge in [-0.25, -0.2) is 4.39 Å². The molecule has 5 rings (SSSR count). The normalized spacial score (nSPS) is 19.2. The topological polar surface area (TPSA) is 81.0 Å². The fourth-order valence-corrected chi connectivity index (χ4v) is 6.59. The van der Waals surface area contributed by atoms with E-state index in [1.54, 1.807) is 45.4 Å². The highest BCUT2D eigenvalue weighted by Crippen LogP contribution is 2.44. The molecule has 3 aromatic rings. The molecule has 0 unspecified atom stereocenters. The third-order valence-electron chi connectivity index (χ3n) is 8.94. The van der Waals surface area contributed by atoms with Gasteiger partial charge < -0.3 is 24.0 Å². The predicted molar refractivity (Wildman–Crippen MR) is 165 cm³/mol. The molecule has 2 fully saturated rings. The molecule has 2 aromatic carbocycles. The first-order valence-electron chi connectivity index (χ1n) is 15.4. The van der Waals surface area contributed by atoms with Crippen LogP contribution in [0.4, 0.5) is 4.39 Å². The molecule has 0 bridgehead atoms. The summed E-state index contributed by atoms with van der Waals surface area (Å²) >= 11 is 0. The lowest BCUT2D eigenvalue weighted by Gasteiger charge is -2.35. The second-order valence-corrected chi connectivity index (χ2v) is 12.6. The number of pyridine rings is 1. The third kappa shape index (κ3) is 6.35. The van der Waals surface area contributed by atoms with Gasteiger partial charge in [0.1, 0.15) is 23.1 Å². The number of hydrogen-bond donors (Lipinski definition) is 1. The van der Waals surface area contributed by atoms with Gasteiger partial charge in [0.25, 0.3) is 5.56 Å². The zero-order valence-electron chi connectivity index (χ0n) is 26.1. The molecule has 7 nitrogen and oxygen atoms in total. The molecular weight excluding hydrogens is 547 g/mol. The number of carbonyl (C=O) groups excluding carboxylic acids is 1. The Kier molecular flexibility index (Phi) is 8.70. The van der Waals surface area contributed by atoms with Crippen molar-refractivity contribution in [3.05, 3.63) is 75.0 Å². The number of aryl methyl sites for hydroxylation is 2. The van der Waals surface area contributed by atoms with E-state index in [0.717, 1.165) is 49.9 Å². The molecule has 2 aliphatic rings. The number of ether oxygens (including phenoxy) is 2. The van der Waals surface area contributed by atoms with Gasteiger partial charge in [-0.2, -0.15) is 0 Å². The molecule has 2 heterocycles. The molecule has 1 saturated heterocycles.